The van der Waals surface area contributed by atoms with Gasteiger partial charge in [0.2, 0.25) is 0 Å². The zero-order valence-corrected chi connectivity index (χ0v) is 12.8. The van der Waals surface area contributed by atoms with Gasteiger partial charge in [-0.25, -0.2) is 0 Å². The number of methoxy groups -OCH3 is 1. The molecule has 0 bridgehead atoms. The Morgan fingerprint density at radius 2 is 2.00 bits per heavy atom. The quantitative estimate of drug-likeness (QED) is 0.896. The van der Waals surface area contributed by atoms with Crippen LogP contribution < -0.4 is 10.1 Å². The summed E-state index contributed by atoms with van der Waals surface area (Å²) < 4.78 is 7.39. The molecule has 0 saturated heterocycles. The number of anilines is 1. The average Bonchev–Trinajstić information content (AvgIpc) is 2.87. The lowest BCUT2D eigenvalue weighted by Crippen LogP contribution is -2.08. The van der Waals surface area contributed by atoms with E-state index in [1.165, 1.54) is 5.56 Å². The van der Waals surface area contributed by atoms with Crippen LogP contribution in [0.5, 0.6) is 5.75 Å². The van der Waals surface area contributed by atoms with E-state index in [4.69, 9.17) is 4.74 Å². The van der Waals surface area contributed by atoms with Crippen LogP contribution in [0.25, 0.3) is 0 Å². The molecule has 2 aromatic rings. The number of aromatic nitrogens is 2. The van der Waals surface area contributed by atoms with Crippen molar-refractivity contribution in [2.24, 2.45) is 0 Å². The molecule has 0 saturated carbocycles. The summed E-state index contributed by atoms with van der Waals surface area (Å²) >= 11 is 0. The number of aryl methyl sites for hydroxylation is 1. The lowest BCUT2D eigenvalue weighted by Gasteiger charge is -2.18. The molecule has 0 aliphatic carbocycles. The molecule has 0 spiro atoms. The first-order valence-corrected chi connectivity index (χ1v) is 6.96. The van der Waals surface area contributed by atoms with Crippen LogP contribution in [0.1, 0.15) is 44.0 Å². The van der Waals surface area contributed by atoms with Gasteiger partial charge in [0.1, 0.15) is 5.75 Å². The Morgan fingerprint density at radius 3 is 2.60 bits per heavy atom. The van der Waals surface area contributed by atoms with Crippen LogP contribution in [0.4, 0.5) is 5.69 Å². The van der Waals surface area contributed by atoms with E-state index in [0.717, 1.165) is 17.0 Å². The molecule has 20 heavy (non-hydrogen) atoms. The third-order valence-corrected chi connectivity index (χ3v) is 3.37. The molecule has 0 aliphatic heterocycles. The normalized spacial score (nSPS) is 12.5. The van der Waals surface area contributed by atoms with Gasteiger partial charge in [0.05, 0.1) is 25.0 Å². The van der Waals surface area contributed by atoms with Gasteiger partial charge >= 0.3 is 0 Å². The predicted octanol–water partition coefficient (Wildman–Crippen LogP) is 3.95. The molecule has 0 aliphatic rings. The van der Waals surface area contributed by atoms with Crippen molar-refractivity contribution < 1.29 is 4.74 Å². The Hall–Kier alpha value is -1.97. The topological polar surface area (TPSA) is 39.1 Å². The summed E-state index contributed by atoms with van der Waals surface area (Å²) in [5.74, 6) is 0.909. The largest absolute Gasteiger partial charge is 0.496 e. The van der Waals surface area contributed by atoms with Crippen LogP contribution >= 0.6 is 0 Å². The second kappa shape index (κ2) is 5.99. The molecule has 0 amide bonds. The Morgan fingerprint density at radius 1 is 1.25 bits per heavy atom. The molecule has 1 heterocycles. The van der Waals surface area contributed by atoms with Crippen molar-refractivity contribution in [2.75, 3.05) is 12.4 Å². The fourth-order valence-corrected chi connectivity index (χ4v) is 2.21. The fraction of sp³-hybridized carbons (Fsp3) is 0.438. The molecule has 1 atom stereocenters. The van der Waals surface area contributed by atoms with Crippen LogP contribution in [-0.4, -0.2) is 16.9 Å². The van der Waals surface area contributed by atoms with E-state index < -0.39 is 0 Å². The third-order valence-electron chi connectivity index (χ3n) is 3.37. The molecule has 0 fully saturated rings. The summed E-state index contributed by atoms with van der Waals surface area (Å²) in [6.45, 7) is 8.45. The van der Waals surface area contributed by atoms with Crippen molar-refractivity contribution in [3.63, 3.8) is 0 Å². The molecular formula is C16H23N3O. The van der Waals surface area contributed by atoms with Gasteiger partial charge in [0, 0.05) is 17.8 Å². The molecule has 108 valence electrons. The molecule has 4 nitrogen and oxygen atoms in total. The Balaban J connectivity index is 2.18. The molecule has 1 unspecified atom stereocenters. The lowest BCUT2D eigenvalue weighted by molar-refractivity contribution is 0.408. The minimum absolute atomic E-state index is 0.162. The SMILES string of the molecule is COc1ccc(C)cc1C(C)Nc1cnn(C(C)C)c1. The highest BCUT2D eigenvalue weighted by atomic mass is 16.5. The van der Waals surface area contributed by atoms with Gasteiger partial charge in [-0.1, -0.05) is 17.7 Å². The van der Waals surface area contributed by atoms with E-state index in [1.54, 1.807) is 7.11 Å². The van der Waals surface area contributed by atoms with Crippen molar-refractivity contribution in [1.29, 1.82) is 0 Å². The molecular weight excluding hydrogens is 250 g/mol. The van der Waals surface area contributed by atoms with Crippen molar-refractivity contribution >= 4 is 5.69 Å². The molecule has 1 aromatic carbocycles. The summed E-state index contributed by atoms with van der Waals surface area (Å²) in [6, 6.07) is 6.76. The highest BCUT2D eigenvalue weighted by Crippen LogP contribution is 2.28. The first-order chi connectivity index (χ1) is 9.51. The van der Waals surface area contributed by atoms with Crippen molar-refractivity contribution in [3.05, 3.63) is 41.7 Å². The van der Waals surface area contributed by atoms with Gasteiger partial charge in [0.15, 0.2) is 0 Å². The summed E-state index contributed by atoms with van der Waals surface area (Å²) in [5.41, 5.74) is 3.41. The van der Waals surface area contributed by atoms with E-state index in [0.29, 0.717) is 6.04 Å². The second-order valence-corrected chi connectivity index (χ2v) is 5.41. The molecule has 1 N–H and O–H groups in total. The summed E-state index contributed by atoms with van der Waals surface area (Å²) in [7, 11) is 1.71. The maximum atomic E-state index is 5.44. The van der Waals surface area contributed by atoms with Crippen LogP contribution in [0, 0.1) is 6.92 Å². The van der Waals surface area contributed by atoms with Crippen molar-refractivity contribution in [2.45, 2.75) is 39.8 Å². The number of hydrogen-bond donors (Lipinski definition) is 1. The number of nitrogens with one attached hydrogen (secondary N) is 1. The Kier molecular flexibility index (Phi) is 4.32. The summed E-state index contributed by atoms with van der Waals surface area (Å²) in [6.07, 6.45) is 3.89. The van der Waals surface area contributed by atoms with E-state index >= 15 is 0 Å². The average molecular weight is 273 g/mol. The van der Waals surface area contributed by atoms with Crippen LogP contribution in [0.2, 0.25) is 0 Å². The zero-order valence-electron chi connectivity index (χ0n) is 12.8. The predicted molar refractivity (Wildman–Crippen MR) is 82.4 cm³/mol. The minimum Gasteiger partial charge on any atom is -0.496 e. The molecule has 2 rings (SSSR count). The van der Waals surface area contributed by atoms with E-state index in [9.17, 15) is 0 Å². The first-order valence-electron chi connectivity index (χ1n) is 6.96. The Labute approximate surface area is 120 Å². The van der Waals surface area contributed by atoms with Gasteiger partial charge in [-0.05, 0) is 33.8 Å². The van der Waals surface area contributed by atoms with E-state index in [1.807, 2.05) is 23.1 Å². The standard InChI is InChI=1S/C16H23N3O/c1-11(2)19-10-14(9-17-19)18-13(4)15-8-12(3)6-7-16(15)20-5/h6-11,13,18H,1-5H3. The molecule has 1 aromatic heterocycles. The maximum Gasteiger partial charge on any atom is 0.124 e. The van der Waals surface area contributed by atoms with Gasteiger partial charge in [-0.3, -0.25) is 4.68 Å². The highest BCUT2D eigenvalue weighted by molar-refractivity contribution is 5.46. The van der Waals surface area contributed by atoms with E-state index in [-0.39, 0.29) is 6.04 Å². The van der Waals surface area contributed by atoms with Gasteiger partial charge in [-0.15, -0.1) is 0 Å². The number of ether oxygens (including phenoxy) is 1. The lowest BCUT2D eigenvalue weighted by atomic mass is 10.0. The zero-order chi connectivity index (χ0) is 14.7. The number of rotatable bonds is 5. The number of nitrogens with zero attached hydrogens (tertiary/aromatic N) is 2. The van der Waals surface area contributed by atoms with Crippen LogP contribution in [-0.2, 0) is 0 Å². The minimum atomic E-state index is 0.162. The monoisotopic (exact) mass is 273 g/mol. The van der Waals surface area contributed by atoms with Crippen LogP contribution in [0.3, 0.4) is 0 Å². The van der Waals surface area contributed by atoms with Gasteiger partial charge in [-0.2, -0.15) is 5.10 Å². The Bertz CT molecular complexity index is 575. The first kappa shape index (κ1) is 14.4. The van der Waals surface area contributed by atoms with Gasteiger partial charge in [0.25, 0.3) is 0 Å². The van der Waals surface area contributed by atoms with Crippen molar-refractivity contribution in [3.8, 4) is 5.75 Å². The van der Waals surface area contributed by atoms with Gasteiger partial charge < -0.3 is 10.1 Å². The molecule has 4 heteroatoms. The summed E-state index contributed by atoms with van der Waals surface area (Å²) in [4.78, 5) is 0. The highest BCUT2D eigenvalue weighted by Gasteiger charge is 2.12. The van der Waals surface area contributed by atoms with Crippen LogP contribution in [0.15, 0.2) is 30.6 Å². The van der Waals surface area contributed by atoms with E-state index in [2.05, 4.69) is 50.2 Å². The molecule has 0 radical (unpaired) electrons. The number of hydrogen-bond acceptors (Lipinski definition) is 3. The smallest absolute Gasteiger partial charge is 0.124 e. The van der Waals surface area contributed by atoms with Crippen molar-refractivity contribution in [1.82, 2.24) is 9.78 Å². The maximum absolute atomic E-state index is 5.44. The number of benzene rings is 1. The fourth-order valence-electron chi connectivity index (χ4n) is 2.21. The second-order valence-electron chi connectivity index (χ2n) is 5.41. The summed E-state index contributed by atoms with van der Waals surface area (Å²) in [5, 5.41) is 7.82. The third kappa shape index (κ3) is 3.13.